The first-order valence-electron chi connectivity index (χ1n) is 6.86. The van der Waals surface area contributed by atoms with Crippen LogP contribution in [0.3, 0.4) is 0 Å². The maximum absolute atomic E-state index is 6.04. The number of nitrogens with zero attached hydrogens (tertiary/aromatic N) is 2. The number of nitrogens with two attached hydrogens (primary N) is 1. The predicted molar refractivity (Wildman–Crippen MR) is 70.6 cm³/mol. The van der Waals surface area contributed by atoms with Crippen molar-refractivity contribution < 1.29 is 0 Å². The largest absolute Gasteiger partial charge is 0.330 e. The lowest BCUT2D eigenvalue weighted by atomic mass is 9.80. The quantitative estimate of drug-likeness (QED) is 0.852. The molecule has 1 aliphatic carbocycles. The van der Waals surface area contributed by atoms with Crippen LogP contribution < -0.4 is 5.73 Å². The molecule has 1 heterocycles. The molecule has 3 heteroatoms. The van der Waals surface area contributed by atoms with Crippen LogP contribution in [-0.4, -0.2) is 16.3 Å². The Kier molecular flexibility index (Phi) is 3.87. The van der Waals surface area contributed by atoms with Crippen LogP contribution in [0.4, 0.5) is 0 Å². The highest BCUT2D eigenvalue weighted by molar-refractivity contribution is 5.02. The summed E-state index contributed by atoms with van der Waals surface area (Å²) in [5.74, 6) is 0.907. The third-order valence-corrected chi connectivity index (χ3v) is 4.65. The molecule has 0 aliphatic heterocycles. The van der Waals surface area contributed by atoms with Crippen molar-refractivity contribution >= 4 is 0 Å². The normalized spacial score (nSPS) is 28.8. The minimum absolute atomic E-state index is 0.408. The summed E-state index contributed by atoms with van der Waals surface area (Å²) < 4.78 is 1.98. The topological polar surface area (TPSA) is 43.8 Å². The Labute approximate surface area is 104 Å². The second-order valence-electron chi connectivity index (χ2n) is 5.67. The smallest absolute Gasteiger partial charge is 0.0492 e. The minimum atomic E-state index is 0.408. The third-order valence-electron chi connectivity index (χ3n) is 4.65. The van der Waals surface area contributed by atoms with Crippen molar-refractivity contribution in [2.45, 2.75) is 45.4 Å². The van der Waals surface area contributed by atoms with Crippen LogP contribution in [0.1, 0.15) is 44.7 Å². The maximum Gasteiger partial charge on any atom is 0.0492 e. The lowest BCUT2D eigenvalue weighted by molar-refractivity contribution is 0.267. The van der Waals surface area contributed by atoms with Gasteiger partial charge in [-0.05, 0) is 56.0 Å². The van der Waals surface area contributed by atoms with Crippen LogP contribution in [0.5, 0.6) is 0 Å². The van der Waals surface area contributed by atoms with Gasteiger partial charge in [0.1, 0.15) is 0 Å². The van der Waals surface area contributed by atoms with E-state index >= 15 is 0 Å². The molecule has 1 aliphatic rings. The van der Waals surface area contributed by atoms with Crippen LogP contribution in [0.2, 0.25) is 0 Å². The van der Waals surface area contributed by atoms with E-state index in [1.807, 2.05) is 17.9 Å². The van der Waals surface area contributed by atoms with Crippen LogP contribution in [0.25, 0.3) is 0 Å². The van der Waals surface area contributed by atoms with E-state index in [0.29, 0.717) is 5.41 Å². The number of rotatable bonds is 5. The van der Waals surface area contributed by atoms with E-state index in [9.17, 15) is 0 Å². The molecule has 1 saturated carbocycles. The molecule has 17 heavy (non-hydrogen) atoms. The minimum Gasteiger partial charge on any atom is -0.330 e. The van der Waals surface area contributed by atoms with Gasteiger partial charge in [-0.25, -0.2) is 0 Å². The summed E-state index contributed by atoms with van der Waals surface area (Å²) in [5.41, 5.74) is 7.78. The van der Waals surface area contributed by atoms with Crippen molar-refractivity contribution in [1.82, 2.24) is 9.78 Å². The standard InChI is InChI=1S/C14H25N3/c1-3-12-4-7-14(10-12,11-15)8-5-13-6-9-16-17(13)2/h6,9,12H,3-5,7-8,10-11,15H2,1-2H3. The van der Waals surface area contributed by atoms with Crippen LogP contribution in [-0.2, 0) is 13.5 Å². The fourth-order valence-corrected chi connectivity index (χ4v) is 3.23. The molecule has 0 radical (unpaired) electrons. The van der Waals surface area contributed by atoms with Crippen molar-refractivity contribution in [2.24, 2.45) is 24.1 Å². The van der Waals surface area contributed by atoms with Gasteiger partial charge in [-0.2, -0.15) is 5.10 Å². The van der Waals surface area contributed by atoms with Gasteiger partial charge in [0.15, 0.2) is 0 Å². The molecule has 2 N–H and O–H groups in total. The van der Waals surface area contributed by atoms with Crippen LogP contribution in [0, 0.1) is 11.3 Å². The Hall–Kier alpha value is -0.830. The highest BCUT2D eigenvalue weighted by atomic mass is 15.2. The molecule has 0 spiro atoms. The molecule has 1 aromatic rings. The maximum atomic E-state index is 6.04. The molecule has 2 atom stereocenters. The second-order valence-corrected chi connectivity index (χ2v) is 5.67. The van der Waals surface area contributed by atoms with Crippen LogP contribution in [0.15, 0.2) is 12.3 Å². The fraction of sp³-hybridized carbons (Fsp3) is 0.786. The molecule has 0 amide bonds. The fourth-order valence-electron chi connectivity index (χ4n) is 3.23. The first-order chi connectivity index (χ1) is 8.19. The lowest BCUT2D eigenvalue weighted by Gasteiger charge is -2.27. The van der Waals surface area contributed by atoms with Gasteiger partial charge in [0.2, 0.25) is 0 Å². The predicted octanol–water partition coefficient (Wildman–Crippen LogP) is 2.51. The van der Waals surface area contributed by atoms with Crippen molar-refractivity contribution in [3.63, 3.8) is 0 Å². The average molecular weight is 235 g/mol. The Morgan fingerprint density at radius 2 is 2.41 bits per heavy atom. The molecule has 0 saturated heterocycles. The molecule has 0 aromatic carbocycles. The molecule has 0 bridgehead atoms. The Balaban J connectivity index is 1.94. The molecule has 3 nitrogen and oxygen atoms in total. The zero-order valence-corrected chi connectivity index (χ0v) is 11.2. The van der Waals surface area contributed by atoms with E-state index in [0.717, 1.165) is 18.9 Å². The molecule has 2 rings (SSSR count). The van der Waals surface area contributed by atoms with Crippen molar-refractivity contribution in [3.05, 3.63) is 18.0 Å². The third kappa shape index (κ3) is 2.71. The summed E-state index contributed by atoms with van der Waals surface area (Å²) in [6.45, 7) is 3.15. The second kappa shape index (κ2) is 5.21. The molecule has 1 aromatic heterocycles. The number of aryl methyl sites for hydroxylation is 2. The summed E-state index contributed by atoms with van der Waals surface area (Å²) >= 11 is 0. The summed E-state index contributed by atoms with van der Waals surface area (Å²) in [6, 6.07) is 2.12. The number of hydrogen-bond donors (Lipinski definition) is 1. The molecule has 1 fully saturated rings. The van der Waals surface area contributed by atoms with Crippen molar-refractivity contribution in [3.8, 4) is 0 Å². The molecule has 96 valence electrons. The lowest BCUT2D eigenvalue weighted by Crippen LogP contribution is -2.28. The first kappa shape index (κ1) is 12.6. The van der Waals surface area contributed by atoms with Gasteiger partial charge in [-0.3, -0.25) is 4.68 Å². The monoisotopic (exact) mass is 235 g/mol. The van der Waals surface area contributed by atoms with E-state index in [2.05, 4.69) is 18.1 Å². The summed E-state index contributed by atoms with van der Waals surface area (Å²) in [4.78, 5) is 0. The van der Waals surface area contributed by atoms with Gasteiger partial charge < -0.3 is 5.73 Å². The van der Waals surface area contributed by atoms with E-state index in [-0.39, 0.29) is 0 Å². The Morgan fingerprint density at radius 3 is 2.94 bits per heavy atom. The molecular formula is C14H25N3. The van der Waals surface area contributed by atoms with Gasteiger partial charge in [0, 0.05) is 18.9 Å². The van der Waals surface area contributed by atoms with Gasteiger partial charge >= 0.3 is 0 Å². The zero-order chi connectivity index (χ0) is 12.3. The summed E-state index contributed by atoms with van der Waals surface area (Å²) in [7, 11) is 2.02. The van der Waals surface area contributed by atoms with Crippen molar-refractivity contribution in [2.75, 3.05) is 6.54 Å². The Morgan fingerprint density at radius 1 is 1.59 bits per heavy atom. The van der Waals surface area contributed by atoms with Gasteiger partial charge in [-0.15, -0.1) is 0 Å². The van der Waals surface area contributed by atoms with E-state index in [1.54, 1.807) is 0 Å². The van der Waals surface area contributed by atoms with E-state index < -0.39 is 0 Å². The first-order valence-corrected chi connectivity index (χ1v) is 6.86. The number of hydrogen-bond acceptors (Lipinski definition) is 2. The zero-order valence-electron chi connectivity index (χ0n) is 11.2. The highest BCUT2D eigenvalue weighted by Crippen LogP contribution is 2.45. The van der Waals surface area contributed by atoms with Crippen LogP contribution >= 0.6 is 0 Å². The van der Waals surface area contributed by atoms with Gasteiger partial charge in [0.05, 0.1) is 0 Å². The summed E-state index contributed by atoms with van der Waals surface area (Å²) in [6.07, 6.45) is 9.56. The Bertz CT molecular complexity index is 358. The van der Waals surface area contributed by atoms with E-state index in [1.165, 1.54) is 37.8 Å². The van der Waals surface area contributed by atoms with Crippen molar-refractivity contribution in [1.29, 1.82) is 0 Å². The number of aromatic nitrogens is 2. The molecular weight excluding hydrogens is 210 g/mol. The van der Waals surface area contributed by atoms with Gasteiger partial charge in [-0.1, -0.05) is 13.3 Å². The summed E-state index contributed by atoms with van der Waals surface area (Å²) in [5, 5.41) is 4.23. The highest BCUT2D eigenvalue weighted by Gasteiger charge is 2.36. The average Bonchev–Trinajstić information content (AvgIpc) is 2.94. The SMILES string of the molecule is CCC1CCC(CN)(CCc2ccnn2C)C1. The van der Waals surface area contributed by atoms with E-state index in [4.69, 9.17) is 5.73 Å². The van der Waals surface area contributed by atoms with Gasteiger partial charge in [0.25, 0.3) is 0 Å². The molecule has 2 unspecified atom stereocenters.